The van der Waals surface area contributed by atoms with Gasteiger partial charge in [0.15, 0.2) is 0 Å². The first-order valence-electron chi connectivity index (χ1n) is 8.81. The first-order chi connectivity index (χ1) is 10.2. The topological polar surface area (TPSA) is 58.2 Å². The Morgan fingerprint density at radius 2 is 1.86 bits per heavy atom. The van der Waals surface area contributed by atoms with E-state index in [0.29, 0.717) is 12.3 Å². The van der Waals surface area contributed by atoms with Crippen molar-refractivity contribution in [1.29, 1.82) is 0 Å². The van der Waals surface area contributed by atoms with Crippen molar-refractivity contribution < 1.29 is 9.59 Å². The molecule has 2 aliphatic carbocycles. The van der Waals surface area contributed by atoms with Crippen LogP contribution in [-0.2, 0) is 9.59 Å². The molecule has 2 saturated carbocycles. The van der Waals surface area contributed by atoms with Gasteiger partial charge in [0.05, 0.1) is 0 Å². The van der Waals surface area contributed by atoms with Gasteiger partial charge in [0.25, 0.3) is 0 Å². The third-order valence-corrected chi connectivity index (χ3v) is 5.57. The summed E-state index contributed by atoms with van der Waals surface area (Å²) in [6.45, 7) is 0.812. The van der Waals surface area contributed by atoms with Gasteiger partial charge in [-0.05, 0) is 37.0 Å². The average Bonchev–Trinajstić information content (AvgIpc) is 3.30. The van der Waals surface area contributed by atoms with Crippen molar-refractivity contribution in [2.24, 2.45) is 17.8 Å². The highest BCUT2D eigenvalue weighted by Crippen LogP contribution is 2.48. The Balaban J connectivity index is 1.39. The zero-order valence-corrected chi connectivity index (χ0v) is 12.9. The lowest BCUT2D eigenvalue weighted by Gasteiger charge is -2.22. The fourth-order valence-electron chi connectivity index (χ4n) is 4.17. The monoisotopic (exact) mass is 292 g/mol. The summed E-state index contributed by atoms with van der Waals surface area (Å²) in [6, 6.07) is -0.299. The van der Waals surface area contributed by atoms with E-state index in [9.17, 15) is 9.59 Å². The normalized spacial score (nSPS) is 33.9. The van der Waals surface area contributed by atoms with Crippen LogP contribution in [0.4, 0.5) is 0 Å². The molecule has 118 valence electrons. The number of rotatable bonds is 4. The quantitative estimate of drug-likeness (QED) is 0.836. The largest absolute Gasteiger partial charge is 0.354 e. The molecule has 4 heteroatoms. The second-order valence-electron chi connectivity index (χ2n) is 7.17. The molecule has 0 aromatic rings. The van der Waals surface area contributed by atoms with E-state index >= 15 is 0 Å². The Bertz CT molecular complexity index is 390. The van der Waals surface area contributed by atoms with Gasteiger partial charge in [-0.25, -0.2) is 0 Å². The van der Waals surface area contributed by atoms with Gasteiger partial charge in [-0.1, -0.05) is 38.5 Å². The van der Waals surface area contributed by atoms with Crippen LogP contribution in [0.2, 0.25) is 0 Å². The zero-order valence-electron chi connectivity index (χ0n) is 12.9. The molecule has 1 aliphatic heterocycles. The van der Waals surface area contributed by atoms with Gasteiger partial charge in [0, 0.05) is 13.0 Å². The maximum Gasteiger partial charge on any atom is 0.242 e. The Kier molecular flexibility index (Phi) is 4.81. The zero-order chi connectivity index (χ0) is 14.7. The minimum Gasteiger partial charge on any atom is -0.354 e. The molecule has 0 aromatic heterocycles. The van der Waals surface area contributed by atoms with Crippen molar-refractivity contribution >= 4 is 11.8 Å². The standard InChI is InChI=1S/C17H28N2O2/c20-16-9-5-4-8-15(19-16)17(21)18-11-13-10-14(13)12-6-2-1-3-7-12/h12-15H,1-11H2,(H,18,21)(H,19,20)/t13-,14-,15?/m0/s1. The summed E-state index contributed by atoms with van der Waals surface area (Å²) in [6.07, 6.45) is 11.5. The summed E-state index contributed by atoms with van der Waals surface area (Å²) in [4.78, 5) is 23.7. The second kappa shape index (κ2) is 6.80. The van der Waals surface area contributed by atoms with Gasteiger partial charge in [-0.2, -0.15) is 0 Å². The molecule has 0 radical (unpaired) electrons. The molecule has 3 rings (SSSR count). The van der Waals surface area contributed by atoms with Gasteiger partial charge in [-0.3, -0.25) is 9.59 Å². The summed E-state index contributed by atoms with van der Waals surface area (Å²) in [5.41, 5.74) is 0. The molecule has 1 heterocycles. The Hall–Kier alpha value is -1.06. The first kappa shape index (κ1) is 14.9. The number of carbonyl (C=O) groups is 2. The minimum absolute atomic E-state index is 0.0270. The molecule has 4 nitrogen and oxygen atoms in total. The molecule has 3 aliphatic rings. The Labute approximate surface area is 127 Å². The van der Waals surface area contributed by atoms with Crippen LogP contribution in [0.1, 0.15) is 64.2 Å². The van der Waals surface area contributed by atoms with Gasteiger partial charge >= 0.3 is 0 Å². The SMILES string of the molecule is O=C1CCCCC(C(=O)NC[C@@H]2C[C@H]2C2CCCCC2)N1. The summed E-state index contributed by atoms with van der Waals surface area (Å²) in [5, 5.41) is 5.92. The second-order valence-corrected chi connectivity index (χ2v) is 7.17. The maximum atomic E-state index is 12.2. The van der Waals surface area contributed by atoms with Crippen molar-refractivity contribution in [3.05, 3.63) is 0 Å². The lowest BCUT2D eigenvalue weighted by Crippen LogP contribution is -2.46. The maximum absolute atomic E-state index is 12.2. The molecule has 1 unspecified atom stereocenters. The van der Waals surface area contributed by atoms with E-state index in [1.807, 2.05) is 0 Å². The molecule has 3 fully saturated rings. The molecule has 3 atom stereocenters. The van der Waals surface area contributed by atoms with Crippen LogP contribution < -0.4 is 10.6 Å². The molecular weight excluding hydrogens is 264 g/mol. The fraction of sp³-hybridized carbons (Fsp3) is 0.882. The third-order valence-electron chi connectivity index (χ3n) is 5.57. The molecular formula is C17H28N2O2. The number of carbonyl (C=O) groups excluding carboxylic acids is 2. The van der Waals surface area contributed by atoms with Gasteiger partial charge in [-0.15, -0.1) is 0 Å². The van der Waals surface area contributed by atoms with E-state index in [1.54, 1.807) is 0 Å². The molecule has 0 spiro atoms. The number of amides is 2. The molecule has 1 saturated heterocycles. The minimum atomic E-state index is -0.299. The number of nitrogens with one attached hydrogen (secondary N) is 2. The Morgan fingerprint density at radius 3 is 2.67 bits per heavy atom. The van der Waals surface area contributed by atoms with Gasteiger partial charge < -0.3 is 10.6 Å². The van der Waals surface area contributed by atoms with Crippen molar-refractivity contribution in [1.82, 2.24) is 10.6 Å². The van der Waals surface area contributed by atoms with E-state index in [-0.39, 0.29) is 17.9 Å². The van der Waals surface area contributed by atoms with Gasteiger partial charge in [0.2, 0.25) is 11.8 Å². The van der Waals surface area contributed by atoms with Crippen LogP contribution >= 0.6 is 0 Å². The lowest BCUT2D eigenvalue weighted by molar-refractivity contribution is -0.128. The van der Waals surface area contributed by atoms with Crippen LogP contribution in [0.5, 0.6) is 0 Å². The van der Waals surface area contributed by atoms with Crippen LogP contribution in [-0.4, -0.2) is 24.4 Å². The van der Waals surface area contributed by atoms with Gasteiger partial charge in [0.1, 0.15) is 6.04 Å². The van der Waals surface area contributed by atoms with Crippen molar-refractivity contribution in [3.8, 4) is 0 Å². The predicted molar refractivity (Wildman–Crippen MR) is 81.6 cm³/mol. The Morgan fingerprint density at radius 1 is 1.10 bits per heavy atom. The molecule has 0 bridgehead atoms. The predicted octanol–water partition coefficient (Wildman–Crippen LogP) is 2.38. The molecule has 21 heavy (non-hydrogen) atoms. The van der Waals surface area contributed by atoms with E-state index in [1.165, 1.54) is 38.5 Å². The first-order valence-corrected chi connectivity index (χ1v) is 8.81. The van der Waals surface area contributed by atoms with Crippen LogP contribution in [0, 0.1) is 17.8 Å². The highest BCUT2D eigenvalue weighted by atomic mass is 16.2. The number of hydrogen-bond acceptors (Lipinski definition) is 2. The summed E-state index contributed by atoms with van der Waals surface area (Å²) in [7, 11) is 0. The average molecular weight is 292 g/mol. The van der Waals surface area contributed by atoms with E-state index in [2.05, 4.69) is 10.6 Å². The van der Waals surface area contributed by atoms with E-state index in [0.717, 1.165) is 37.6 Å². The van der Waals surface area contributed by atoms with E-state index < -0.39 is 0 Å². The number of hydrogen-bond donors (Lipinski definition) is 2. The van der Waals surface area contributed by atoms with Crippen molar-refractivity contribution in [2.45, 2.75) is 70.3 Å². The van der Waals surface area contributed by atoms with Crippen molar-refractivity contribution in [3.63, 3.8) is 0 Å². The van der Waals surface area contributed by atoms with Crippen LogP contribution in [0.25, 0.3) is 0 Å². The van der Waals surface area contributed by atoms with E-state index in [4.69, 9.17) is 0 Å². The van der Waals surface area contributed by atoms with Crippen molar-refractivity contribution in [2.75, 3.05) is 6.54 Å². The smallest absolute Gasteiger partial charge is 0.242 e. The van der Waals surface area contributed by atoms with Crippen LogP contribution in [0.3, 0.4) is 0 Å². The third kappa shape index (κ3) is 3.98. The molecule has 2 N–H and O–H groups in total. The highest BCUT2D eigenvalue weighted by molar-refractivity contribution is 5.87. The molecule has 2 amide bonds. The summed E-state index contributed by atoms with van der Waals surface area (Å²) < 4.78 is 0. The lowest BCUT2D eigenvalue weighted by atomic mass is 9.85. The molecule has 0 aromatic carbocycles. The van der Waals surface area contributed by atoms with Crippen LogP contribution in [0.15, 0.2) is 0 Å². The summed E-state index contributed by atoms with van der Waals surface area (Å²) in [5.74, 6) is 2.52. The fourth-order valence-corrected chi connectivity index (χ4v) is 4.17. The highest BCUT2D eigenvalue weighted by Gasteiger charge is 2.42. The summed E-state index contributed by atoms with van der Waals surface area (Å²) >= 11 is 0.